The summed E-state index contributed by atoms with van der Waals surface area (Å²) in [5.41, 5.74) is 1.60. The number of aliphatic hydroxyl groups is 1. The zero-order valence-electron chi connectivity index (χ0n) is 12.8. The maximum atomic E-state index is 10.7. The highest BCUT2D eigenvalue weighted by molar-refractivity contribution is 5.44. The van der Waals surface area contributed by atoms with E-state index in [9.17, 15) is 15.2 Å². The SMILES string of the molecule is Cc1cc(OCC(O)COCc2ccccc2)ccc1[N+](=O)[O-]. The Morgan fingerprint density at radius 3 is 2.57 bits per heavy atom. The van der Waals surface area contributed by atoms with E-state index in [1.54, 1.807) is 13.0 Å². The molecule has 1 unspecified atom stereocenters. The summed E-state index contributed by atoms with van der Waals surface area (Å²) < 4.78 is 10.9. The Morgan fingerprint density at radius 2 is 1.91 bits per heavy atom. The van der Waals surface area contributed by atoms with E-state index >= 15 is 0 Å². The number of nitro benzene ring substituents is 1. The lowest BCUT2D eigenvalue weighted by molar-refractivity contribution is -0.385. The molecule has 122 valence electrons. The zero-order chi connectivity index (χ0) is 16.7. The summed E-state index contributed by atoms with van der Waals surface area (Å²) in [5.74, 6) is 0.482. The van der Waals surface area contributed by atoms with Crippen molar-refractivity contribution in [1.82, 2.24) is 0 Å². The number of aryl methyl sites for hydroxylation is 1. The lowest BCUT2D eigenvalue weighted by atomic mass is 10.2. The first-order valence-corrected chi connectivity index (χ1v) is 7.24. The largest absolute Gasteiger partial charge is 0.491 e. The molecule has 0 heterocycles. The molecule has 2 rings (SSSR count). The molecular formula is C17H19NO5. The molecule has 0 bridgehead atoms. The summed E-state index contributed by atoms with van der Waals surface area (Å²) in [6.07, 6.45) is -0.769. The zero-order valence-corrected chi connectivity index (χ0v) is 12.8. The van der Waals surface area contributed by atoms with E-state index in [0.717, 1.165) is 5.56 Å². The normalized spacial score (nSPS) is 11.9. The second kappa shape index (κ2) is 8.26. The van der Waals surface area contributed by atoms with Crippen molar-refractivity contribution in [2.24, 2.45) is 0 Å². The Balaban J connectivity index is 1.75. The van der Waals surface area contributed by atoms with Crippen LogP contribution >= 0.6 is 0 Å². The van der Waals surface area contributed by atoms with Gasteiger partial charge in [-0.25, -0.2) is 0 Å². The van der Waals surface area contributed by atoms with Crippen LogP contribution in [0.1, 0.15) is 11.1 Å². The van der Waals surface area contributed by atoms with Crippen molar-refractivity contribution in [2.45, 2.75) is 19.6 Å². The van der Waals surface area contributed by atoms with Gasteiger partial charge in [-0.3, -0.25) is 10.1 Å². The Labute approximate surface area is 134 Å². The molecule has 0 aliphatic heterocycles. The summed E-state index contributed by atoms with van der Waals surface area (Å²) in [5, 5.41) is 20.6. The number of aliphatic hydroxyl groups excluding tert-OH is 1. The van der Waals surface area contributed by atoms with Crippen molar-refractivity contribution in [2.75, 3.05) is 13.2 Å². The van der Waals surface area contributed by atoms with Gasteiger partial charge in [-0.1, -0.05) is 30.3 Å². The van der Waals surface area contributed by atoms with Crippen LogP contribution in [0.25, 0.3) is 0 Å². The Bertz CT molecular complexity index is 645. The van der Waals surface area contributed by atoms with Crippen molar-refractivity contribution >= 4 is 5.69 Å². The first-order chi connectivity index (χ1) is 11.1. The highest BCUT2D eigenvalue weighted by Gasteiger charge is 2.12. The fourth-order valence-corrected chi connectivity index (χ4v) is 2.05. The second-order valence-electron chi connectivity index (χ2n) is 5.17. The van der Waals surface area contributed by atoms with E-state index in [1.807, 2.05) is 30.3 Å². The third-order valence-electron chi connectivity index (χ3n) is 3.23. The molecule has 23 heavy (non-hydrogen) atoms. The first-order valence-electron chi connectivity index (χ1n) is 7.24. The van der Waals surface area contributed by atoms with Crippen LogP contribution < -0.4 is 4.74 Å². The van der Waals surface area contributed by atoms with Gasteiger partial charge in [0.2, 0.25) is 0 Å². The second-order valence-corrected chi connectivity index (χ2v) is 5.17. The molecule has 0 fully saturated rings. The van der Waals surface area contributed by atoms with Crippen molar-refractivity contribution < 1.29 is 19.5 Å². The van der Waals surface area contributed by atoms with Crippen molar-refractivity contribution in [1.29, 1.82) is 0 Å². The Morgan fingerprint density at radius 1 is 1.17 bits per heavy atom. The topological polar surface area (TPSA) is 81.8 Å². The monoisotopic (exact) mass is 317 g/mol. The number of rotatable bonds is 8. The van der Waals surface area contributed by atoms with E-state index in [1.165, 1.54) is 12.1 Å². The van der Waals surface area contributed by atoms with Gasteiger partial charge in [0.15, 0.2) is 0 Å². The number of benzene rings is 2. The number of hydrogen-bond acceptors (Lipinski definition) is 5. The average Bonchev–Trinajstić information content (AvgIpc) is 2.53. The molecule has 2 aromatic rings. The summed E-state index contributed by atoms with van der Waals surface area (Å²) in [4.78, 5) is 10.3. The van der Waals surface area contributed by atoms with Crippen LogP contribution in [0, 0.1) is 17.0 Å². The van der Waals surface area contributed by atoms with Gasteiger partial charge in [0.1, 0.15) is 18.5 Å². The standard InChI is InChI=1S/C17H19NO5/c1-13-9-16(7-8-17(13)18(20)21)23-12-15(19)11-22-10-14-5-3-2-4-6-14/h2-9,15,19H,10-12H2,1H3. The van der Waals surface area contributed by atoms with Gasteiger partial charge in [-0.2, -0.15) is 0 Å². The number of hydrogen-bond donors (Lipinski definition) is 1. The van der Waals surface area contributed by atoms with Gasteiger partial charge in [0.05, 0.1) is 18.1 Å². The lowest BCUT2D eigenvalue weighted by Crippen LogP contribution is -2.23. The minimum Gasteiger partial charge on any atom is -0.491 e. The molecule has 1 atom stereocenters. The van der Waals surface area contributed by atoms with Crippen LogP contribution in [-0.2, 0) is 11.3 Å². The number of ether oxygens (including phenoxy) is 2. The fourth-order valence-electron chi connectivity index (χ4n) is 2.05. The van der Waals surface area contributed by atoms with Gasteiger partial charge >= 0.3 is 0 Å². The third kappa shape index (κ3) is 5.36. The molecule has 0 amide bonds. The maximum absolute atomic E-state index is 10.7. The first kappa shape index (κ1) is 16.9. The molecule has 0 saturated heterocycles. The molecule has 6 heteroatoms. The smallest absolute Gasteiger partial charge is 0.272 e. The highest BCUT2D eigenvalue weighted by atomic mass is 16.6. The van der Waals surface area contributed by atoms with E-state index in [-0.39, 0.29) is 18.9 Å². The fraction of sp³-hybridized carbons (Fsp3) is 0.294. The van der Waals surface area contributed by atoms with Gasteiger partial charge in [-0.15, -0.1) is 0 Å². The maximum Gasteiger partial charge on any atom is 0.272 e. The third-order valence-corrected chi connectivity index (χ3v) is 3.23. The van der Waals surface area contributed by atoms with Gasteiger partial charge in [0.25, 0.3) is 5.69 Å². The van der Waals surface area contributed by atoms with Crippen molar-refractivity contribution in [3.05, 3.63) is 69.8 Å². The van der Waals surface area contributed by atoms with Crippen LogP contribution in [0.15, 0.2) is 48.5 Å². The minimum atomic E-state index is -0.769. The van der Waals surface area contributed by atoms with E-state index in [2.05, 4.69) is 0 Å². The highest BCUT2D eigenvalue weighted by Crippen LogP contribution is 2.23. The minimum absolute atomic E-state index is 0.0455. The molecule has 0 aromatic heterocycles. The van der Waals surface area contributed by atoms with Gasteiger partial charge in [-0.05, 0) is 24.6 Å². The van der Waals surface area contributed by atoms with Gasteiger partial charge < -0.3 is 14.6 Å². The quantitative estimate of drug-likeness (QED) is 0.598. The molecule has 0 aliphatic rings. The lowest BCUT2D eigenvalue weighted by Gasteiger charge is -2.13. The molecule has 0 aliphatic carbocycles. The summed E-state index contributed by atoms with van der Waals surface area (Å²) >= 11 is 0. The predicted molar refractivity (Wildman–Crippen MR) is 85.4 cm³/mol. The van der Waals surface area contributed by atoms with Gasteiger partial charge in [0, 0.05) is 11.6 Å². The molecule has 0 spiro atoms. The summed E-state index contributed by atoms with van der Waals surface area (Å²) in [7, 11) is 0. The summed E-state index contributed by atoms with van der Waals surface area (Å²) in [6.45, 7) is 2.28. The van der Waals surface area contributed by atoms with E-state index in [0.29, 0.717) is 17.9 Å². The van der Waals surface area contributed by atoms with E-state index < -0.39 is 11.0 Å². The Hall–Kier alpha value is -2.44. The molecule has 6 nitrogen and oxygen atoms in total. The number of nitro groups is 1. The van der Waals surface area contributed by atoms with Crippen LogP contribution in [0.4, 0.5) is 5.69 Å². The van der Waals surface area contributed by atoms with Crippen LogP contribution in [0.5, 0.6) is 5.75 Å². The van der Waals surface area contributed by atoms with Crippen LogP contribution in [0.2, 0.25) is 0 Å². The summed E-state index contributed by atoms with van der Waals surface area (Å²) in [6, 6.07) is 14.2. The molecular weight excluding hydrogens is 298 g/mol. The van der Waals surface area contributed by atoms with E-state index in [4.69, 9.17) is 9.47 Å². The van der Waals surface area contributed by atoms with Crippen molar-refractivity contribution in [3.63, 3.8) is 0 Å². The molecule has 2 aromatic carbocycles. The molecule has 0 radical (unpaired) electrons. The Kier molecular flexibility index (Phi) is 6.08. The van der Waals surface area contributed by atoms with Crippen LogP contribution in [0.3, 0.4) is 0 Å². The average molecular weight is 317 g/mol. The van der Waals surface area contributed by atoms with Crippen molar-refractivity contribution in [3.8, 4) is 5.75 Å². The number of nitrogens with zero attached hydrogens (tertiary/aromatic N) is 1. The predicted octanol–water partition coefficient (Wildman–Crippen LogP) is 2.86. The molecule has 0 saturated carbocycles. The molecule has 1 N–H and O–H groups in total. The van der Waals surface area contributed by atoms with Crippen LogP contribution in [-0.4, -0.2) is 29.3 Å².